The summed E-state index contributed by atoms with van der Waals surface area (Å²) in [6.07, 6.45) is 3.47. The van der Waals surface area contributed by atoms with Crippen LogP contribution >= 0.6 is 0 Å². The number of aliphatic hydroxyl groups excluding tert-OH is 1. The van der Waals surface area contributed by atoms with Gasteiger partial charge in [-0.25, -0.2) is 0 Å². The van der Waals surface area contributed by atoms with Gasteiger partial charge in [-0.15, -0.1) is 0 Å². The normalized spacial score (nSPS) is 10.2. The van der Waals surface area contributed by atoms with Gasteiger partial charge in [-0.1, -0.05) is 37.6 Å². The molecule has 0 aromatic heterocycles. The Morgan fingerprint density at radius 1 is 1.24 bits per heavy atom. The number of hydrogen-bond acceptors (Lipinski definition) is 2. The molecule has 0 bridgehead atoms. The predicted octanol–water partition coefficient (Wildman–Crippen LogP) is 2.03. The van der Waals surface area contributed by atoms with Crippen molar-refractivity contribution >= 4 is 5.91 Å². The molecule has 1 rings (SSSR count). The van der Waals surface area contributed by atoms with Gasteiger partial charge in [-0.2, -0.15) is 0 Å². The molecule has 17 heavy (non-hydrogen) atoms. The zero-order chi connectivity index (χ0) is 12.5. The second-order valence-corrected chi connectivity index (χ2v) is 4.18. The van der Waals surface area contributed by atoms with Crippen LogP contribution in [0, 0.1) is 0 Å². The van der Waals surface area contributed by atoms with E-state index >= 15 is 0 Å². The van der Waals surface area contributed by atoms with Gasteiger partial charge in [0.05, 0.1) is 6.61 Å². The maximum atomic E-state index is 11.3. The highest BCUT2D eigenvalue weighted by Crippen LogP contribution is 2.04. The number of benzene rings is 1. The van der Waals surface area contributed by atoms with Crippen LogP contribution in [0.2, 0.25) is 0 Å². The number of nitrogens with one attached hydrogen (secondary N) is 1. The molecule has 1 aromatic rings. The van der Waals surface area contributed by atoms with Crippen molar-refractivity contribution in [2.24, 2.45) is 0 Å². The van der Waals surface area contributed by atoms with E-state index < -0.39 is 0 Å². The van der Waals surface area contributed by atoms with Crippen LogP contribution in [0.25, 0.3) is 0 Å². The van der Waals surface area contributed by atoms with Crippen LogP contribution in [0.5, 0.6) is 0 Å². The van der Waals surface area contributed by atoms with E-state index in [9.17, 15) is 4.79 Å². The summed E-state index contributed by atoms with van der Waals surface area (Å²) in [7, 11) is 0. The molecule has 0 atom stereocenters. The number of aliphatic hydroxyl groups is 1. The summed E-state index contributed by atoms with van der Waals surface area (Å²) < 4.78 is 0. The van der Waals surface area contributed by atoms with Gasteiger partial charge in [0.2, 0.25) is 5.91 Å². The topological polar surface area (TPSA) is 49.3 Å². The maximum absolute atomic E-state index is 11.3. The van der Waals surface area contributed by atoms with Gasteiger partial charge in [0.1, 0.15) is 0 Å². The van der Waals surface area contributed by atoms with E-state index in [0.717, 1.165) is 24.8 Å². The number of rotatable bonds is 7. The SMILES string of the molecule is CCCCC(=O)NCCc1ccc(CO)cc1. The Hall–Kier alpha value is -1.35. The highest BCUT2D eigenvalue weighted by Gasteiger charge is 1.99. The van der Waals surface area contributed by atoms with Gasteiger partial charge >= 0.3 is 0 Å². The van der Waals surface area contributed by atoms with Crippen LogP contribution in [-0.4, -0.2) is 17.6 Å². The largest absolute Gasteiger partial charge is 0.392 e. The lowest BCUT2D eigenvalue weighted by molar-refractivity contribution is -0.121. The highest BCUT2D eigenvalue weighted by atomic mass is 16.3. The third-order valence-electron chi connectivity index (χ3n) is 2.70. The third kappa shape index (κ3) is 5.50. The molecule has 0 saturated heterocycles. The van der Waals surface area contributed by atoms with Crippen molar-refractivity contribution < 1.29 is 9.90 Å². The summed E-state index contributed by atoms with van der Waals surface area (Å²) >= 11 is 0. The molecule has 0 saturated carbocycles. The number of carbonyl (C=O) groups excluding carboxylic acids is 1. The molecule has 0 spiro atoms. The molecule has 0 unspecified atom stereocenters. The summed E-state index contributed by atoms with van der Waals surface area (Å²) in [5, 5.41) is 11.8. The average Bonchev–Trinajstić information content (AvgIpc) is 2.37. The summed E-state index contributed by atoms with van der Waals surface area (Å²) in [6, 6.07) is 7.80. The van der Waals surface area contributed by atoms with Crippen molar-refractivity contribution in [3.05, 3.63) is 35.4 Å². The van der Waals surface area contributed by atoms with E-state index in [-0.39, 0.29) is 12.5 Å². The summed E-state index contributed by atoms with van der Waals surface area (Å²) in [4.78, 5) is 11.3. The molecule has 0 aliphatic heterocycles. The van der Waals surface area contributed by atoms with E-state index in [1.807, 2.05) is 24.3 Å². The number of hydrogen-bond donors (Lipinski definition) is 2. The second-order valence-electron chi connectivity index (χ2n) is 4.18. The fourth-order valence-electron chi connectivity index (χ4n) is 1.58. The van der Waals surface area contributed by atoms with Crippen LogP contribution in [-0.2, 0) is 17.8 Å². The Morgan fingerprint density at radius 2 is 1.88 bits per heavy atom. The minimum Gasteiger partial charge on any atom is -0.392 e. The van der Waals surface area contributed by atoms with Gasteiger partial charge in [0, 0.05) is 13.0 Å². The molecule has 94 valence electrons. The number of unbranched alkanes of at least 4 members (excludes halogenated alkanes) is 1. The fourth-order valence-corrected chi connectivity index (χ4v) is 1.58. The van der Waals surface area contributed by atoms with E-state index in [0.29, 0.717) is 13.0 Å². The monoisotopic (exact) mass is 235 g/mol. The molecule has 0 fully saturated rings. The highest BCUT2D eigenvalue weighted by molar-refractivity contribution is 5.75. The molecule has 0 radical (unpaired) electrons. The molecule has 0 heterocycles. The van der Waals surface area contributed by atoms with Gasteiger partial charge < -0.3 is 10.4 Å². The molecule has 3 nitrogen and oxygen atoms in total. The van der Waals surface area contributed by atoms with E-state index in [4.69, 9.17) is 5.11 Å². The van der Waals surface area contributed by atoms with Gasteiger partial charge in [-0.05, 0) is 24.0 Å². The summed E-state index contributed by atoms with van der Waals surface area (Å²) in [5.74, 6) is 0.138. The van der Waals surface area contributed by atoms with E-state index in [1.54, 1.807) is 0 Å². The van der Waals surface area contributed by atoms with Gasteiger partial charge in [0.15, 0.2) is 0 Å². The Bertz CT molecular complexity index is 333. The second kappa shape index (κ2) is 7.85. The van der Waals surface area contributed by atoms with Crippen LogP contribution in [0.3, 0.4) is 0 Å². The van der Waals surface area contributed by atoms with Crippen molar-refractivity contribution in [2.45, 2.75) is 39.2 Å². The van der Waals surface area contributed by atoms with Crippen molar-refractivity contribution in [3.63, 3.8) is 0 Å². The fraction of sp³-hybridized carbons (Fsp3) is 0.500. The van der Waals surface area contributed by atoms with Crippen LogP contribution < -0.4 is 5.32 Å². The molecule has 1 aromatic carbocycles. The molecule has 1 amide bonds. The number of amides is 1. The van der Waals surface area contributed by atoms with Crippen LogP contribution in [0.1, 0.15) is 37.3 Å². The lowest BCUT2D eigenvalue weighted by Gasteiger charge is -2.05. The van der Waals surface area contributed by atoms with E-state index in [2.05, 4.69) is 12.2 Å². The van der Waals surface area contributed by atoms with Crippen molar-refractivity contribution in [1.82, 2.24) is 5.32 Å². The van der Waals surface area contributed by atoms with Crippen molar-refractivity contribution in [1.29, 1.82) is 0 Å². The van der Waals surface area contributed by atoms with Crippen molar-refractivity contribution in [2.75, 3.05) is 6.54 Å². The molecule has 0 aliphatic rings. The Kier molecular flexibility index (Phi) is 6.33. The van der Waals surface area contributed by atoms with Crippen LogP contribution in [0.4, 0.5) is 0 Å². The van der Waals surface area contributed by atoms with Crippen molar-refractivity contribution in [3.8, 4) is 0 Å². The molecular formula is C14H21NO2. The first-order valence-electron chi connectivity index (χ1n) is 6.21. The Morgan fingerprint density at radius 3 is 2.47 bits per heavy atom. The van der Waals surface area contributed by atoms with Crippen LogP contribution in [0.15, 0.2) is 24.3 Å². The summed E-state index contributed by atoms with van der Waals surface area (Å²) in [6.45, 7) is 2.84. The predicted molar refractivity (Wildman–Crippen MR) is 68.6 cm³/mol. The average molecular weight is 235 g/mol. The Balaban J connectivity index is 2.23. The first-order valence-corrected chi connectivity index (χ1v) is 6.21. The first kappa shape index (κ1) is 13.7. The molecular weight excluding hydrogens is 214 g/mol. The maximum Gasteiger partial charge on any atom is 0.220 e. The third-order valence-corrected chi connectivity index (χ3v) is 2.70. The summed E-state index contributed by atoms with van der Waals surface area (Å²) in [5.41, 5.74) is 2.10. The minimum atomic E-state index is 0.0774. The zero-order valence-corrected chi connectivity index (χ0v) is 10.4. The van der Waals surface area contributed by atoms with Gasteiger partial charge in [0.25, 0.3) is 0 Å². The Labute approximate surface area is 103 Å². The zero-order valence-electron chi connectivity index (χ0n) is 10.4. The lowest BCUT2D eigenvalue weighted by Crippen LogP contribution is -2.25. The molecule has 2 N–H and O–H groups in total. The lowest BCUT2D eigenvalue weighted by atomic mass is 10.1. The quantitative estimate of drug-likeness (QED) is 0.759. The van der Waals surface area contributed by atoms with Gasteiger partial charge in [-0.3, -0.25) is 4.79 Å². The number of carbonyl (C=O) groups is 1. The minimum absolute atomic E-state index is 0.0774. The molecule has 3 heteroatoms. The smallest absolute Gasteiger partial charge is 0.220 e. The standard InChI is InChI=1S/C14H21NO2/c1-2-3-4-14(17)15-10-9-12-5-7-13(11-16)8-6-12/h5-8,16H,2-4,9-11H2,1H3,(H,15,17). The van der Waals surface area contributed by atoms with E-state index in [1.165, 1.54) is 5.56 Å². The molecule has 0 aliphatic carbocycles. The first-order chi connectivity index (χ1) is 8.26.